The van der Waals surface area contributed by atoms with E-state index in [-0.39, 0.29) is 11.1 Å². The minimum atomic E-state index is -2.55. The first-order chi connectivity index (χ1) is 25.1. The minimum absolute atomic E-state index is 0.0751. The topological polar surface area (TPSA) is 115 Å². The first-order valence-electron chi connectivity index (χ1n) is 19.1. The van der Waals surface area contributed by atoms with Gasteiger partial charge < -0.3 is 29.2 Å². The lowest BCUT2D eigenvalue weighted by atomic mass is 9.75. The normalized spacial score (nSPS) is 19.9. The summed E-state index contributed by atoms with van der Waals surface area (Å²) in [4.78, 5) is 28.8. The number of hydrogen-bond acceptors (Lipinski definition) is 8. The van der Waals surface area contributed by atoms with Gasteiger partial charge in [0.1, 0.15) is 0 Å². The number of amides is 1. The number of methoxy groups -OCH3 is 1. The van der Waals surface area contributed by atoms with Crippen molar-refractivity contribution in [3.63, 3.8) is 0 Å². The summed E-state index contributed by atoms with van der Waals surface area (Å²) in [6, 6.07) is 18.6. The van der Waals surface area contributed by atoms with Crippen LogP contribution >= 0.6 is 12.2 Å². The van der Waals surface area contributed by atoms with E-state index in [9.17, 15) is 19.8 Å². The fourth-order valence-corrected chi connectivity index (χ4v) is 8.12. The molecule has 2 fully saturated rings. The van der Waals surface area contributed by atoms with E-state index in [1.807, 2.05) is 74.5 Å². The van der Waals surface area contributed by atoms with Crippen molar-refractivity contribution in [2.45, 2.75) is 121 Å². The second kappa shape index (κ2) is 19.8. The van der Waals surface area contributed by atoms with Crippen LogP contribution in [0.25, 0.3) is 0 Å². The summed E-state index contributed by atoms with van der Waals surface area (Å²) < 4.78 is 23.9. The van der Waals surface area contributed by atoms with E-state index in [0.717, 1.165) is 56.1 Å². The number of carboxylic acids is 1. The minimum Gasteiger partial charge on any atom is -0.479 e. The standard InChI is InChI=1S/C42H59NO8S/c1-5-6-7-11-20-27-40(49-29-30-50-40)28-21-12-9-8-10-19-26-35(41(47,31-48-4)38(45)46)37(44)43-36(32(2)3)42(51-39(43)52,33-22-15-13-16-23-33)34-24-17-14-18-25-34/h13-19,22-26,32,35-36,47H,5-12,20-21,27-31H2,1-4H3,(H,45,46)/b26-19+/t35-,36+,41+/m1/s1. The number of thiocarbonyl (C=S) groups is 1. The zero-order chi connectivity index (χ0) is 37.6. The van der Waals surface area contributed by atoms with Crippen LogP contribution in [-0.2, 0) is 34.1 Å². The molecule has 0 saturated carbocycles. The highest BCUT2D eigenvalue weighted by molar-refractivity contribution is 7.80. The van der Waals surface area contributed by atoms with Gasteiger partial charge in [0, 0.05) is 31.1 Å². The number of carbonyl (C=O) groups excluding carboxylic acids is 1. The predicted molar refractivity (Wildman–Crippen MR) is 206 cm³/mol. The van der Waals surface area contributed by atoms with Gasteiger partial charge in [-0.15, -0.1) is 0 Å². The summed E-state index contributed by atoms with van der Waals surface area (Å²) in [5, 5.41) is 21.9. The van der Waals surface area contributed by atoms with Gasteiger partial charge in [0.15, 0.2) is 11.4 Å². The molecular formula is C42H59NO8S. The Kier molecular flexibility index (Phi) is 15.8. The molecule has 52 heavy (non-hydrogen) atoms. The van der Waals surface area contributed by atoms with Gasteiger partial charge in [-0.25, -0.2) is 4.79 Å². The SMILES string of the molecule is CCCCCCCC1(CCCCCC/C=C/[C@H](C(=O)N2C(=S)OC(c3ccccc3)(c3ccccc3)[C@@H]2C(C)C)[C@@](O)(COC)C(=O)O)OCCO1. The molecule has 0 bridgehead atoms. The van der Waals surface area contributed by atoms with E-state index in [4.69, 9.17) is 31.2 Å². The fraction of sp³-hybridized carbons (Fsp3) is 0.595. The number of hydrogen-bond donors (Lipinski definition) is 2. The molecule has 2 heterocycles. The van der Waals surface area contributed by atoms with E-state index in [0.29, 0.717) is 19.6 Å². The van der Waals surface area contributed by atoms with Crippen molar-refractivity contribution in [2.24, 2.45) is 11.8 Å². The number of nitrogens with zero attached hydrogens (tertiary/aromatic N) is 1. The molecule has 10 heteroatoms. The molecule has 2 aliphatic rings. The molecule has 286 valence electrons. The summed E-state index contributed by atoms with van der Waals surface area (Å²) in [6.07, 6.45) is 15.5. The molecule has 0 spiro atoms. The largest absolute Gasteiger partial charge is 0.479 e. The highest BCUT2D eigenvalue weighted by Gasteiger charge is 2.60. The molecule has 1 amide bonds. The van der Waals surface area contributed by atoms with E-state index >= 15 is 0 Å². The van der Waals surface area contributed by atoms with E-state index in [1.54, 1.807) is 6.08 Å². The molecule has 2 saturated heterocycles. The maximum absolute atomic E-state index is 14.7. The Morgan fingerprint density at radius 1 is 0.923 bits per heavy atom. The van der Waals surface area contributed by atoms with Crippen molar-refractivity contribution in [3.05, 3.63) is 83.9 Å². The van der Waals surface area contributed by atoms with Crippen LogP contribution in [-0.4, -0.2) is 76.5 Å². The average Bonchev–Trinajstić information content (AvgIpc) is 3.74. The zero-order valence-corrected chi connectivity index (χ0v) is 32.3. The quantitative estimate of drug-likeness (QED) is 0.0702. The summed E-state index contributed by atoms with van der Waals surface area (Å²) >= 11 is 5.80. The van der Waals surface area contributed by atoms with Gasteiger partial charge in [0.05, 0.1) is 31.8 Å². The maximum atomic E-state index is 14.7. The van der Waals surface area contributed by atoms with Gasteiger partial charge in [-0.1, -0.05) is 132 Å². The second-order valence-corrected chi connectivity index (χ2v) is 14.9. The lowest BCUT2D eigenvalue weighted by molar-refractivity contribution is -0.174. The summed E-state index contributed by atoms with van der Waals surface area (Å²) in [5.74, 6) is -4.35. The monoisotopic (exact) mass is 737 g/mol. The number of carboxylic acid groups (broad SMARTS) is 1. The third-order valence-electron chi connectivity index (χ3n) is 10.4. The van der Waals surface area contributed by atoms with Crippen molar-refractivity contribution >= 4 is 29.3 Å². The Bertz CT molecular complexity index is 1400. The second-order valence-electron chi connectivity index (χ2n) is 14.5. The third-order valence-corrected chi connectivity index (χ3v) is 10.7. The third kappa shape index (κ3) is 9.68. The van der Waals surface area contributed by atoms with Crippen molar-refractivity contribution in [3.8, 4) is 0 Å². The van der Waals surface area contributed by atoms with Crippen molar-refractivity contribution in [1.82, 2.24) is 4.90 Å². The number of rotatable bonds is 22. The van der Waals surface area contributed by atoms with Gasteiger partial charge in [-0.05, 0) is 43.8 Å². The smallest absolute Gasteiger partial charge is 0.339 e. The van der Waals surface area contributed by atoms with Crippen LogP contribution in [0.5, 0.6) is 0 Å². The van der Waals surface area contributed by atoms with Crippen LogP contribution in [0.3, 0.4) is 0 Å². The number of benzene rings is 2. The summed E-state index contributed by atoms with van der Waals surface area (Å²) in [6.45, 7) is 6.89. The first kappa shape index (κ1) is 41.6. The van der Waals surface area contributed by atoms with Gasteiger partial charge in [-0.3, -0.25) is 9.69 Å². The molecule has 2 N–H and O–H groups in total. The van der Waals surface area contributed by atoms with Crippen LogP contribution in [0.15, 0.2) is 72.8 Å². The predicted octanol–water partition coefficient (Wildman–Crippen LogP) is 8.18. The highest BCUT2D eigenvalue weighted by Crippen LogP contribution is 2.48. The van der Waals surface area contributed by atoms with Crippen LogP contribution in [0.4, 0.5) is 0 Å². The van der Waals surface area contributed by atoms with Crippen molar-refractivity contribution in [2.75, 3.05) is 26.9 Å². The molecule has 2 aliphatic heterocycles. The van der Waals surface area contributed by atoms with Crippen LogP contribution in [0.1, 0.15) is 109 Å². The molecule has 4 rings (SSSR count). The van der Waals surface area contributed by atoms with E-state index in [2.05, 4.69) is 6.92 Å². The van der Waals surface area contributed by atoms with Crippen LogP contribution < -0.4 is 0 Å². The summed E-state index contributed by atoms with van der Waals surface area (Å²) in [5.41, 5.74) is -2.10. The first-order valence-corrected chi connectivity index (χ1v) is 19.5. The highest BCUT2D eigenvalue weighted by atomic mass is 32.1. The zero-order valence-electron chi connectivity index (χ0n) is 31.5. The maximum Gasteiger partial charge on any atom is 0.339 e. The molecule has 3 atom stereocenters. The molecule has 0 radical (unpaired) electrons. The van der Waals surface area contributed by atoms with Crippen LogP contribution in [0.2, 0.25) is 0 Å². The van der Waals surface area contributed by atoms with E-state index < -0.39 is 47.4 Å². The van der Waals surface area contributed by atoms with Gasteiger partial charge in [-0.2, -0.15) is 0 Å². The lowest BCUT2D eigenvalue weighted by Crippen LogP contribution is -2.58. The molecule has 9 nitrogen and oxygen atoms in total. The number of carbonyl (C=O) groups is 2. The number of aliphatic hydroxyl groups is 1. The Balaban J connectivity index is 1.49. The number of aliphatic carboxylic acids is 1. The number of unbranched alkanes of at least 4 members (excludes halogenated alkanes) is 8. The molecule has 2 aromatic rings. The Hall–Kier alpha value is -3.15. The van der Waals surface area contributed by atoms with Crippen molar-refractivity contribution in [1.29, 1.82) is 0 Å². The van der Waals surface area contributed by atoms with Crippen LogP contribution in [0, 0.1) is 11.8 Å². The molecule has 2 aromatic carbocycles. The molecule has 0 aromatic heterocycles. The van der Waals surface area contributed by atoms with Gasteiger partial charge in [0.25, 0.3) is 5.17 Å². The Labute approximate surface area is 315 Å². The summed E-state index contributed by atoms with van der Waals surface area (Å²) in [7, 11) is 1.30. The molecule has 0 aliphatic carbocycles. The van der Waals surface area contributed by atoms with Gasteiger partial charge >= 0.3 is 5.97 Å². The molecule has 0 unspecified atom stereocenters. The average molecular weight is 738 g/mol. The lowest BCUT2D eigenvalue weighted by Gasteiger charge is -2.39. The van der Waals surface area contributed by atoms with Gasteiger partial charge in [0.2, 0.25) is 11.5 Å². The number of allylic oxidation sites excluding steroid dienone is 1. The van der Waals surface area contributed by atoms with Crippen molar-refractivity contribution < 1.29 is 38.7 Å². The molecular weight excluding hydrogens is 679 g/mol. The van der Waals surface area contributed by atoms with E-state index in [1.165, 1.54) is 43.8 Å². The fourth-order valence-electron chi connectivity index (χ4n) is 7.79. The Morgan fingerprint density at radius 3 is 1.96 bits per heavy atom. The Morgan fingerprint density at radius 2 is 1.46 bits per heavy atom. The number of ether oxygens (including phenoxy) is 4.